The number of nitrogens with zero attached hydrogens (tertiary/aromatic N) is 2. The number of anilines is 2. The minimum atomic E-state index is -0.447. The molecule has 29 heavy (non-hydrogen) atoms. The van der Waals surface area contributed by atoms with Crippen LogP contribution in [0.25, 0.3) is 0 Å². The lowest BCUT2D eigenvalue weighted by molar-refractivity contribution is -0.118. The van der Waals surface area contributed by atoms with E-state index >= 15 is 0 Å². The van der Waals surface area contributed by atoms with E-state index in [1.165, 1.54) is 11.3 Å². The Hall–Kier alpha value is -2.42. The highest BCUT2D eigenvalue weighted by Gasteiger charge is 2.33. The van der Waals surface area contributed by atoms with Gasteiger partial charge in [-0.3, -0.25) is 14.5 Å². The molecule has 0 saturated carbocycles. The summed E-state index contributed by atoms with van der Waals surface area (Å²) in [6.07, 6.45) is 0.596. The quantitative estimate of drug-likeness (QED) is 0.704. The van der Waals surface area contributed by atoms with Crippen molar-refractivity contribution in [2.24, 2.45) is 5.73 Å². The van der Waals surface area contributed by atoms with Crippen LogP contribution >= 0.6 is 22.9 Å². The Bertz CT molecular complexity index is 945. The minimum Gasteiger partial charge on any atom is -0.444 e. The summed E-state index contributed by atoms with van der Waals surface area (Å²) >= 11 is 7.12. The van der Waals surface area contributed by atoms with Gasteiger partial charge in [-0.25, -0.2) is 4.79 Å². The van der Waals surface area contributed by atoms with Crippen molar-refractivity contribution >= 4 is 52.1 Å². The van der Waals surface area contributed by atoms with E-state index in [1.54, 1.807) is 46.2 Å². The zero-order valence-corrected chi connectivity index (χ0v) is 17.1. The molecule has 3 heterocycles. The second-order valence-corrected chi connectivity index (χ2v) is 8.80. The summed E-state index contributed by atoms with van der Waals surface area (Å²) in [5.41, 5.74) is 7.22. The Kier molecular flexibility index (Phi) is 5.58. The molecule has 2 atom stereocenters. The second kappa shape index (κ2) is 8.14. The normalized spacial score (nSPS) is 21.7. The lowest BCUT2D eigenvalue weighted by Crippen LogP contribution is -2.34. The van der Waals surface area contributed by atoms with Crippen LogP contribution in [0.2, 0.25) is 4.34 Å². The van der Waals surface area contributed by atoms with Crippen molar-refractivity contribution in [3.63, 3.8) is 0 Å². The molecule has 2 N–H and O–H groups in total. The van der Waals surface area contributed by atoms with Crippen LogP contribution < -0.4 is 15.5 Å². The minimum absolute atomic E-state index is 0.00533. The third kappa shape index (κ3) is 4.14. The Balaban J connectivity index is 1.35. The fraction of sp³-hybridized carbons (Fsp3) is 0.350. The van der Waals surface area contributed by atoms with Gasteiger partial charge in [0.1, 0.15) is 6.10 Å². The molecular weight excluding hydrogens is 414 g/mol. The first-order valence-corrected chi connectivity index (χ1v) is 10.6. The van der Waals surface area contributed by atoms with Gasteiger partial charge in [-0.05, 0) is 49.2 Å². The molecule has 2 amide bonds. The molecule has 9 heteroatoms. The number of nitrogens with two attached hydrogens (primary N) is 1. The Morgan fingerprint density at radius 3 is 2.41 bits per heavy atom. The van der Waals surface area contributed by atoms with Crippen molar-refractivity contribution in [2.75, 3.05) is 22.9 Å². The van der Waals surface area contributed by atoms with Crippen LogP contribution in [0.4, 0.5) is 16.2 Å². The first kappa shape index (κ1) is 19.9. The number of carbonyl (C=O) groups excluding carboxylic acids is 3. The number of amides is 2. The van der Waals surface area contributed by atoms with E-state index < -0.39 is 12.1 Å². The Morgan fingerprint density at radius 2 is 1.83 bits per heavy atom. The molecule has 1 aromatic heterocycles. The summed E-state index contributed by atoms with van der Waals surface area (Å²) in [5, 5.41) is 0. The van der Waals surface area contributed by atoms with Gasteiger partial charge in [0.05, 0.1) is 21.8 Å². The fourth-order valence-electron chi connectivity index (χ4n) is 3.53. The standard InChI is InChI=1S/C20H20ClN3O4S/c21-18-8-7-17(29-18)16(25)6-5-14-11-24(20(27)28-14)13-3-1-12(2-4-13)23-10-9-15(22)19(23)26/h1-4,7-8,14-15H,5-6,9-11,22H2/t14-,15+/m0/s1. The lowest BCUT2D eigenvalue weighted by Gasteiger charge is -2.18. The Morgan fingerprint density at radius 1 is 1.14 bits per heavy atom. The maximum Gasteiger partial charge on any atom is 0.414 e. The number of halogens is 1. The van der Waals surface area contributed by atoms with Crippen molar-refractivity contribution in [1.29, 1.82) is 0 Å². The summed E-state index contributed by atoms with van der Waals surface area (Å²) in [6, 6.07) is 10.1. The van der Waals surface area contributed by atoms with Gasteiger partial charge in [0.15, 0.2) is 5.78 Å². The van der Waals surface area contributed by atoms with E-state index in [2.05, 4.69) is 0 Å². The first-order chi connectivity index (χ1) is 13.9. The van der Waals surface area contributed by atoms with Gasteiger partial charge in [-0.2, -0.15) is 0 Å². The molecule has 2 aliphatic rings. The van der Waals surface area contributed by atoms with Gasteiger partial charge >= 0.3 is 6.09 Å². The molecule has 4 rings (SSSR count). The van der Waals surface area contributed by atoms with Crippen LogP contribution in [0.1, 0.15) is 28.9 Å². The predicted molar refractivity (Wildman–Crippen MR) is 112 cm³/mol. The van der Waals surface area contributed by atoms with Gasteiger partial charge in [-0.1, -0.05) is 11.6 Å². The molecule has 0 radical (unpaired) electrons. The molecule has 2 aromatic rings. The third-order valence-corrected chi connectivity index (χ3v) is 6.41. The van der Waals surface area contributed by atoms with Gasteiger partial charge < -0.3 is 15.4 Å². The zero-order chi connectivity index (χ0) is 20.5. The number of hydrogen-bond acceptors (Lipinski definition) is 6. The summed E-state index contributed by atoms with van der Waals surface area (Å²) in [5.74, 6) is -0.0932. The van der Waals surface area contributed by atoms with Crippen LogP contribution in [0.3, 0.4) is 0 Å². The van der Waals surface area contributed by atoms with Crippen molar-refractivity contribution < 1.29 is 19.1 Å². The maximum atomic E-state index is 12.3. The molecule has 152 valence electrons. The van der Waals surface area contributed by atoms with Crippen LogP contribution in [0.5, 0.6) is 0 Å². The molecule has 0 aliphatic carbocycles. The van der Waals surface area contributed by atoms with E-state index in [4.69, 9.17) is 22.1 Å². The van der Waals surface area contributed by atoms with Crippen LogP contribution in [0, 0.1) is 0 Å². The van der Waals surface area contributed by atoms with Gasteiger partial charge in [0.25, 0.3) is 0 Å². The highest BCUT2D eigenvalue weighted by Crippen LogP contribution is 2.29. The number of ketones is 1. The summed E-state index contributed by atoms with van der Waals surface area (Å²) in [4.78, 5) is 40.3. The van der Waals surface area contributed by atoms with Crippen molar-refractivity contribution in [1.82, 2.24) is 0 Å². The van der Waals surface area contributed by atoms with E-state index in [-0.39, 0.29) is 17.8 Å². The number of benzene rings is 1. The van der Waals surface area contributed by atoms with Gasteiger partial charge in [0.2, 0.25) is 5.91 Å². The molecular formula is C20H20ClN3O4S. The number of hydrogen-bond donors (Lipinski definition) is 1. The zero-order valence-electron chi connectivity index (χ0n) is 15.5. The average molecular weight is 434 g/mol. The fourth-order valence-corrected chi connectivity index (χ4v) is 4.54. The number of rotatable bonds is 6. The molecule has 2 fully saturated rings. The number of ether oxygens (including phenoxy) is 1. The summed E-state index contributed by atoms with van der Waals surface area (Å²) in [7, 11) is 0. The molecule has 0 spiro atoms. The van der Waals surface area contributed by atoms with E-state index in [9.17, 15) is 14.4 Å². The average Bonchev–Trinajstić information content (AvgIpc) is 3.40. The Labute approximate surface area is 177 Å². The summed E-state index contributed by atoms with van der Waals surface area (Å²) < 4.78 is 5.99. The van der Waals surface area contributed by atoms with E-state index in [1.807, 2.05) is 0 Å². The number of carbonyl (C=O) groups is 3. The molecule has 2 saturated heterocycles. The van der Waals surface area contributed by atoms with Gasteiger partial charge in [0, 0.05) is 24.3 Å². The predicted octanol–water partition coefficient (Wildman–Crippen LogP) is 3.45. The molecule has 7 nitrogen and oxygen atoms in total. The number of Topliss-reactive ketones (excluding diaryl/α,β-unsaturated/α-hetero) is 1. The van der Waals surface area contributed by atoms with E-state index in [0.29, 0.717) is 47.3 Å². The van der Waals surface area contributed by atoms with Gasteiger partial charge in [-0.15, -0.1) is 11.3 Å². The smallest absolute Gasteiger partial charge is 0.414 e. The highest BCUT2D eigenvalue weighted by molar-refractivity contribution is 7.18. The monoisotopic (exact) mass is 433 g/mol. The largest absolute Gasteiger partial charge is 0.444 e. The first-order valence-electron chi connectivity index (χ1n) is 9.36. The SMILES string of the molecule is N[C@@H]1CCN(c2ccc(N3C[C@H](CCC(=O)c4ccc(Cl)s4)OC3=O)cc2)C1=O. The molecule has 1 aromatic carbocycles. The van der Waals surface area contributed by atoms with Crippen LogP contribution in [-0.2, 0) is 9.53 Å². The van der Waals surface area contributed by atoms with E-state index in [0.717, 1.165) is 5.69 Å². The number of cyclic esters (lactones) is 1. The van der Waals surface area contributed by atoms with Crippen LogP contribution in [-0.4, -0.2) is 43.0 Å². The second-order valence-electron chi connectivity index (χ2n) is 7.08. The summed E-state index contributed by atoms with van der Waals surface area (Å²) in [6.45, 7) is 0.973. The molecule has 0 unspecified atom stereocenters. The van der Waals surface area contributed by atoms with Crippen molar-refractivity contribution in [3.05, 3.63) is 45.6 Å². The molecule has 0 bridgehead atoms. The highest BCUT2D eigenvalue weighted by atomic mass is 35.5. The molecule has 2 aliphatic heterocycles. The van der Waals surface area contributed by atoms with Crippen molar-refractivity contribution in [3.8, 4) is 0 Å². The third-order valence-electron chi connectivity index (χ3n) is 5.14. The van der Waals surface area contributed by atoms with Crippen LogP contribution in [0.15, 0.2) is 36.4 Å². The van der Waals surface area contributed by atoms with Crippen molar-refractivity contribution in [2.45, 2.75) is 31.4 Å². The number of thiophene rings is 1. The topological polar surface area (TPSA) is 92.9 Å². The maximum absolute atomic E-state index is 12.3. The lowest BCUT2D eigenvalue weighted by atomic mass is 10.1.